The average molecular weight is 508 g/mol. The molecule has 8 heteroatoms. The summed E-state index contributed by atoms with van der Waals surface area (Å²) in [5.74, 6) is -1.56. The number of aryl methyl sites for hydroxylation is 1. The number of nitrogens with one attached hydrogen (secondary N) is 2. The van der Waals surface area contributed by atoms with Gasteiger partial charge in [0.05, 0.1) is 23.0 Å². The van der Waals surface area contributed by atoms with E-state index in [1.807, 2.05) is 31.2 Å². The molecule has 3 aromatic rings. The Hall–Kier alpha value is -4.79. The Morgan fingerprint density at radius 3 is 2.58 bits per heavy atom. The van der Waals surface area contributed by atoms with Crippen LogP contribution >= 0.6 is 0 Å². The van der Waals surface area contributed by atoms with E-state index in [1.165, 1.54) is 18.3 Å². The lowest BCUT2D eigenvalue weighted by molar-refractivity contribution is -0.814. The Morgan fingerprint density at radius 2 is 1.82 bits per heavy atom. The molecule has 3 aromatic carbocycles. The van der Waals surface area contributed by atoms with E-state index in [1.54, 1.807) is 48.6 Å². The van der Waals surface area contributed by atoms with Crippen LogP contribution in [0.2, 0.25) is 0 Å². The second-order valence-corrected chi connectivity index (χ2v) is 9.21. The van der Waals surface area contributed by atoms with Gasteiger partial charge in [0.15, 0.2) is 0 Å². The molecular formula is C30H25N3O5. The van der Waals surface area contributed by atoms with Gasteiger partial charge < -0.3 is 20.5 Å². The van der Waals surface area contributed by atoms with Crippen LogP contribution in [0.3, 0.4) is 0 Å². The number of ketones is 1. The minimum Gasteiger partial charge on any atom is -0.629 e. The monoisotopic (exact) mass is 507 g/mol. The number of benzene rings is 3. The molecule has 0 saturated heterocycles. The Bertz CT molecular complexity index is 1550. The summed E-state index contributed by atoms with van der Waals surface area (Å²) < 4.78 is 0. The quantitative estimate of drug-likeness (QED) is 0.174. The van der Waals surface area contributed by atoms with Crippen LogP contribution in [0.25, 0.3) is 11.1 Å². The largest absolute Gasteiger partial charge is 0.629 e. The summed E-state index contributed by atoms with van der Waals surface area (Å²) in [7, 11) is 0. The lowest BCUT2D eigenvalue weighted by Gasteiger charge is -2.34. The van der Waals surface area contributed by atoms with Crippen LogP contribution in [0, 0.1) is 12.1 Å². The summed E-state index contributed by atoms with van der Waals surface area (Å²) in [4.78, 5) is 24.8. The van der Waals surface area contributed by atoms with E-state index in [4.69, 9.17) is 0 Å². The first-order valence-corrected chi connectivity index (χ1v) is 12.1. The van der Waals surface area contributed by atoms with E-state index < -0.39 is 12.0 Å². The number of quaternary nitrogens is 1. The molecule has 1 aliphatic heterocycles. The average Bonchev–Trinajstić information content (AvgIpc) is 2.92. The highest BCUT2D eigenvalue weighted by molar-refractivity contribution is 6.51. The third kappa shape index (κ3) is 4.90. The van der Waals surface area contributed by atoms with Crippen molar-refractivity contribution in [2.45, 2.75) is 19.4 Å². The second-order valence-electron chi connectivity index (χ2n) is 9.21. The van der Waals surface area contributed by atoms with E-state index in [2.05, 4.69) is 10.5 Å². The maximum atomic E-state index is 13.5. The fourth-order valence-electron chi connectivity index (χ4n) is 4.60. The number of carbonyl (C=O) groups excluding carboxylic acids is 1. The molecule has 5 rings (SSSR count). The minimum absolute atomic E-state index is 0.0961. The number of para-hydroxylation sites is 1. The number of Topliss-reactive ketones (excluding diaryl/α,β-unsaturated/α-hetero) is 1. The van der Waals surface area contributed by atoms with Gasteiger partial charge in [0.2, 0.25) is 5.78 Å². The number of allylic oxidation sites excluding steroid dienone is 4. The molecule has 2 aliphatic rings. The van der Waals surface area contributed by atoms with Crippen molar-refractivity contribution in [2.24, 2.45) is 5.10 Å². The van der Waals surface area contributed by atoms with Crippen LogP contribution < -0.4 is 10.5 Å². The first kappa shape index (κ1) is 24.9. The fourth-order valence-corrected chi connectivity index (χ4v) is 4.60. The molecule has 2 atom stereocenters. The highest BCUT2D eigenvalue weighted by Crippen LogP contribution is 2.36. The standard InChI is InChI=1S/C30H25N3O5/c1-18-8-10-19(11-9-18)16-26-27-20(14-15-33(26)38)12-13-25(29(27)35)32-31-24-7-3-6-23(28(24)34)21-4-2-5-22(17-21)30(36)37/h2-15,17,26,31,33-34H,16H2,1H3,(H,36,37). The lowest BCUT2D eigenvalue weighted by atomic mass is 9.85. The normalized spacial score (nSPS) is 19.5. The number of aromatic hydroxyl groups is 1. The number of phenolic OH excluding ortho intramolecular Hbond substituents is 1. The Kier molecular flexibility index (Phi) is 6.74. The molecular weight excluding hydrogens is 482 g/mol. The van der Waals surface area contributed by atoms with Gasteiger partial charge in [-0.2, -0.15) is 5.10 Å². The maximum Gasteiger partial charge on any atom is 0.335 e. The molecule has 1 heterocycles. The zero-order valence-electron chi connectivity index (χ0n) is 20.5. The molecule has 4 N–H and O–H groups in total. The van der Waals surface area contributed by atoms with E-state index in [9.17, 15) is 25.0 Å². The number of carboxylic acid groups (broad SMARTS) is 1. The molecule has 8 nitrogen and oxygen atoms in total. The number of hydrogen-bond donors (Lipinski definition) is 4. The molecule has 0 spiro atoms. The molecule has 0 amide bonds. The molecule has 2 unspecified atom stereocenters. The third-order valence-corrected chi connectivity index (χ3v) is 6.64. The van der Waals surface area contributed by atoms with Crippen molar-refractivity contribution in [1.82, 2.24) is 0 Å². The van der Waals surface area contributed by atoms with Crippen LogP contribution in [0.15, 0.2) is 107 Å². The number of anilines is 1. The topological polar surface area (TPSA) is 126 Å². The van der Waals surface area contributed by atoms with Gasteiger partial charge in [-0.15, -0.1) is 0 Å². The van der Waals surface area contributed by atoms with Gasteiger partial charge in [-0.25, -0.2) is 4.79 Å². The van der Waals surface area contributed by atoms with Gasteiger partial charge in [-0.05, 0) is 54.0 Å². The van der Waals surface area contributed by atoms with Crippen LogP contribution in [0.4, 0.5) is 5.69 Å². The SMILES string of the molecule is Cc1ccc(CC2C3=C(C=CC(=NNc4cccc(-c5cccc(C(=O)O)c5)c4O)C3=O)C=C[NH+]2[O-])cc1. The van der Waals surface area contributed by atoms with Crippen molar-refractivity contribution in [3.8, 4) is 16.9 Å². The number of aromatic carboxylic acids is 1. The van der Waals surface area contributed by atoms with Gasteiger partial charge >= 0.3 is 5.97 Å². The van der Waals surface area contributed by atoms with Crippen LogP contribution in [-0.4, -0.2) is 33.7 Å². The van der Waals surface area contributed by atoms with Crippen LogP contribution in [0.5, 0.6) is 5.75 Å². The highest BCUT2D eigenvalue weighted by atomic mass is 16.5. The van der Waals surface area contributed by atoms with E-state index in [0.29, 0.717) is 28.7 Å². The van der Waals surface area contributed by atoms with Gasteiger partial charge in [0.1, 0.15) is 17.5 Å². The third-order valence-electron chi connectivity index (χ3n) is 6.64. The fraction of sp³-hybridized carbons (Fsp3) is 0.100. The summed E-state index contributed by atoms with van der Waals surface area (Å²) in [6, 6.07) is 18.4. The van der Waals surface area contributed by atoms with Gasteiger partial charge in [-0.1, -0.05) is 60.2 Å². The first-order chi connectivity index (χ1) is 18.3. The van der Waals surface area contributed by atoms with Crippen molar-refractivity contribution < 1.29 is 24.9 Å². The van der Waals surface area contributed by atoms with E-state index in [-0.39, 0.29) is 33.6 Å². The predicted molar refractivity (Wildman–Crippen MR) is 145 cm³/mol. The number of phenols is 1. The Morgan fingerprint density at radius 1 is 1.05 bits per heavy atom. The predicted octanol–water partition coefficient (Wildman–Crippen LogP) is 3.79. The van der Waals surface area contributed by atoms with Crippen molar-refractivity contribution >= 4 is 23.2 Å². The number of rotatable bonds is 6. The van der Waals surface area contributed by atoms with Gasteiger partial charge in [0.25, 0.3) is 0 Å². The Balaban J connectivity index is 1.40. The van der Waals surface area contributed by atoms with Crippen molar-refractivity contribution in [1.29, 1.82) is 0 Å². The molecule has 190 valence electrons. The van der Waals surface area contributed by atoms with Gasteiger partial charge in [0, 0.05) is 12.0 Å². The van der Waals surface area contributed by atoms with E-state index >= 15 is 0 Å². The van der Waals surface area contributed by atoms with Crippen LogP contribution in [-0.2, 0) is 11.2 Å². The van der Waals surface area contributed by atoms with Crippen molar-refractivity contribution in [3.63, 3.8) is 0 Å². The highest BCUT2D eigenvalue weighted by Gasteiger charge is 2.34. The summed E-state index contributed by atoms with van der Waals surface area (Å²) in [5.41, 5.74) is 7.32. The van der Waals surface area contributed by atoms with Crippen LogP contribution in [0.1, 0.15) is 21.5 Å². The van der Waals surface area contributed by atoms with Crippen molar-refractivity contribution in [2.75, 3.05) is 5.43 Å². The molecule has 38 heavy (non-hydrogen) atoms. The number of nitrogens with zero attached hydrogens (tertiary/aromatic N) is 1. The first-order valence-electron chi connectivity index (χ1n) is 12.1. The molecule has 0 fully saturated rings. The van der Waals surface area contributed by atoms with E-state index in [0.717, 1.165) is 11.1 Å². The molecule has 0 radical (unpaired) electrons. The Labute approximate surface area is 219 Å². The zero-order valence-corrected chi connectivity index (χ0v) is 20.5. The number of hydrazone groups is 1. The smallest absolute Gasteiger partial charge is 0.335 e. The summed E-state index contributed by atoms with van der Waals surface area (Å²) in [6.07, 6.45) is 6.91. The maximum absolute atomic E-state index is 13.5. The number of carboxylic acids is 1. The lowest BCUT2D eigenvalue weighted by Crippen LogP contribution is -3.08. The molecule has 0 bridgehead atoms. The summed E-state index contributed by atoms with van der Waals surface area (Å²) in [5, 5.41) is 37.1. The molecule has 0 saturated carbocycles. The number of carbonyl (C=O) groups is 2. The summed E-state index contributed by atoms with van der Waals surface area (Å²) >= 11 is 0. The molecule has 0 aromatic heterocycles. The van der Waals surface area contributed by atoms with Gasteiger partial charge in [-0.3, -0.25) is 10.2 Å². The number of hydroxylamine groups is 2. The molecule has 1 aliphatic carbocycles. The zero-order chi connectivity index (χ0) is 26.8. The summed E-state index contributed by atoms with van der Waals surface area (Å²) in [6.45, 7) is 1.99. The second kappa shape index (κ2) is 10.3. The minimum atomic E-state index is -1.07. The number of hydrogen-bond acceptors (Lipinski definition) is 6. The van der Waals surface area contributed by atoms with Crippen molar-refractivity contribution in [3.05, 3.63) is 124 Å².